The van der Waals surface area contributed by atoms with E-state index in [1.54, 1.807) is 18.2 Å². The van der Waals surface area contributed by atoms with Crippen molar-refractivity contribution < 1.29 is 14.1 Å². The number of aromatic nitrogens is 1. The Labute approximate surface area is 139 Å². The van der Waals surface area contributed by atoms with Gasteiger partial charge in [0.2, 0.25) is 0 Å². The number of nitrogens with zero attached hydrogens (tertiary/aromatic N) is 2. The van der Waals surface area contributed by atoms with E-state index < -0.39 is 10.8 Å². The number of benzene rings is 2. The summed E-state index contributed by atoms with van der Waals surface area (Å²) in [6.07, 6.45) is 0. The Bertz CT molecular complexity index is 909. The van der Waals surface area contributed by atoms with Crippen LogP contribution in [0.4, 0.5) is 15.1 Å². The molecule has 1 aromatic heterocycles. The molecule has 0 fully saturated rings. The Morgan fingerprint density at radius 3 is 2.58 bits per heavy atom. The summed E-state index contributed by atoms with van der Waals surface area (Å²) in [6, 6.07) is 11.4. The van der Waals surface area contributed by atoms with E-state index in [0.29, 0.717) is 16.3 Å². The molecule has 6 nitrogen and oxygen atoms in total. The molecule has 24 heavy (non-hydrogen) atoms. The van der Waals surface area contributed by atoms with Crippen LogP contribution in [0.2, 0.25) is 0 Å². The number of nitro benzene ring substituents is 1. The fourth-order valence-corrected chi connectivity index (χ4v) is 2.84. The lowest BCUT2D eigenvalue weighted by atomic mass is 10.1. The minimum atomic E-state index is -0.609. The molecule has 3 rings (SSSR count). The molecule has 0 radical (unpaired) electrons. The number of nitrogens with one attached hydrogen (secondary N) is 1. The van der Waals surface area contributed by atoms with Crippen molar-refractivity contribution in [2.75, 3.05) is 5.32 Å². The number of nitro groups is 1. The highest BCUT2D eigenvalue weighted by Gasteiger charge is 2.21. The standard InChI is InChI=1S/C16H10FN3O3S/c17-11-7-5-10(6-8-11)14-16(24-9-18-14)19-15(21)12-3-1-2-4-13(12)20(22)23/h1-9H,(H,19,21). The third-order valence-corrected chi connectivity index (χ3v) is 4.00. The lowest BCUT2D eigenvalue weighted by Gasteiger charge is -2.06. The zero-order valence-corrected chi connectivity index (χ0v) is 12.9. The van der Waals surface area contributed by atoms with E-state index >= 15 is 0 Å². The second-order valence-corrected chi connectivity index (χ2v) is 5.62. The lowest BCUT2D eigenvalue weighted by molar-refractivity contribution is -0.385. The maximum absolute atomic E-state index is 13.0. The zero-order valence-electron chi connectivity index (χ0n) is 12.1. The van der Waals surface area contributed by atoms with Crippen LogP contribution < -0.4 is 5.32 Å². The van der Waals surface area contributed by atoms with Crippen LogP contribution in [-0.4, -0.2) is 15.8 Å². The third kappa shape index (κ3) is 3.13. The monoisotopic (exact) mass is 343 g/mol. The summed E-state index contributed by atoms with van der Waals surface area (Å²) in [5.74, 6) is -0.977. The van der Waals surface area contributed by atoms with E-state index in [-0.39, 0.29) is 17.1 Å². The summed E-state index contributed by atoms with van der Waals surface area (Å²) in [6.45, 7) is 0. The number of anilines is 1. The molecule has 0 spiro atoms. The molecule has 3 aromatic rings. The second-order valence-electron chi connectivity index (χ2n) is 4.77. The van der Waals surface area contributed by atoms with Crippen LogP contribution in [0.5, 0.6) is 0 Å². The zero-order chi connectivity index (χ0) is 17.1. The van der Waals surface area contributed by atoms with Gasteiger partial charge in [-0.1, -0.05) is 12.1 Å². The van der Waals surface area contributed by atoms with Gasteiger partial charge in [-0.3, -0.25) is 14.9 Å². The highest BCUT2D eigenvalue weighted by Crippen LogP contribution is 2.31. The van der Waals surface area contributed by atoms with E-state index in [0.717, 1.165) is 0 Å². The molecule has 0 saturated heterocycles. The molecule has 1 N–H and O–H groups in total. The van der Waals surface area contributed by atoms with Gasteiger partial charge < -0.3 is 5.32 Å². The van der Waals surface area contributed by atoms with E-state index in [2.05, 4.69) is 10.3 Å². The summed E-state index contributed by atoms with van der Waals surface area (Å²) in [4.78, 5) is 27.0. The molecule has 0 aliphatic heterocycles. The van der Waals surface area contributed by atoms with Crippen molar-refractivity contribution in [3.05, 3.63) is 75.5 Å². The third-order valence-electron chi connectivity index (χ3n) is 3.26. The largest absolute Gasteiger partial charge is 0.311 e. The van der Waals surface area contributed by atoms with Crippen LogP contribution in [0.1, 0.15) is 10.4 Å². The Morgan fingerprint density at radius 1 is 1.17 bits per heavy atom. The summed E-state index contributed by atoms with van der Waals surface area (Å²) in [5, 5.41) is 14.1. The minimum absolute atomic E-state index is 0.0408. The van der Waals surface area contributed by atoms with Gasteiger partial charge in [-0.05, 0) is 30.3 Å². The fraction of sp³-hybridized carbons (Fsp3) is 0. The van der Waals surface area contributed by atoms with Crippen molar-refractivity contribution in [3.63, 3.8) is 0 Å². The molecule has 0 aliphatic rings. The molecule has 1 amide bonds. The first-order valence-corrected chi connectivity index (χ1v) is 7.68. The van der Waals surface area contributed by atoms with Crippen molar-refractivity contribution in [1.82, 2.24) is 4.98 Å². The quantitative estimate of drug-likeness (QED) is 0.570. The van der Waals surface area contributed by atoms with Gasteiger partial charge >= 0.3 is 0 Å². The maximum atomic E-state index is 13.0. The van der Waals surface area contributed by atoms with Gasteiger partial charge in [0, 0.05) is 11.6 Å². The number of para-hydroxylation sites is 1. The number of halogens is 1. The van der Waals surface area contributed by atoms with Crippen LogP contribution in [0.25, 0.3) is 11.3 Å². The summed E-state index contributed by atoms with van der Waals surface area (Å²) in [5.41, 5.74) is 2.33. The normalized spacial score (nSPS) is 10.4. The average Bonchev–Trinajstić information content (AvgIpc) is 3.03. The molecule has 0 atom stereocenters. The summed E-state index contributed by atoms with van der Waals surface area (Å²) >= 11 is 1.18. The summed E-state index contributed by atoms with van der Waals surface area (Å²) in [7, 11) is 0. The Hall–Kier alpha value is -3.13. The van der Waals surface area contributed by atoms with Crippen molar-refractivity contribution in [2.24, 2.45) is 0 Å². The molecule has 1 heterocycles. The maximum Gasteiger partial charge on any atom is 0.282 e. The van der Waals surface area contributed by atoms with Gasteiger partial charge in [0.05, 0.1) is 10.4 Å². The van der Waals surface area contributed by atoms with Gasteiger partial charge in [0.15, 0.2) is 0 Å². The fourth-order valence-electron chi connectivity index (χ4n) is 2.14. The van der Waals surface area contributed by atoms with E-state index in [9.17, 15) is 19.3 Å². The summed E-state index contributed by atoms with van der Waals surface area (Å²) < 4.78 is 13.0. The number of rotatable bonds is 4. The van der Waals surface area contributed by atoms with Gasteiger partial charge in [0.1, 0.15) is 22.1 Å². The van der Waals surface area contributed by atoms with Crippen molar-refractivity contribution >= 4 is 27.9 Å². The topological polar surface area (TPSA) is 85.1 Å². The van der Waals surface area contributed by atoms with Gasteiger partial charge in [-0.2, -0.15) is 0 Å². The minimum Gasteiger partial charge on any atom is -0.311 e. The van der Waals surface area contributed by atoms with E-state index in [4.69, 9.17) is 0 Å². The van der Waals surface area contributed by atoms with Gasteiger partial charge in [-0.15, -0.1) is 11.3 Å². The highest BCUT2D eigenvalue weighted by atomic mass is 32.1. The number of amides is 1. The molecule has 0 saturated carbocycles. The van der Waals surface area contributed by atoms with Crippen molar-refractivity contribution in [3.8, 4) is 11.3 Å². The van der Waals surface area contributed by atoms with Crippen molar-refractivity contribution in [2.45, 2.75) is 0 Å². The van der Waals surface area contributed by atoms with Crippen LogP contribution in [0.3, 0.4) is 0 Å². The van der Waals surface area contributed by atoms with Gasteiger partial charge in [0.25, 0.3) is 11.6 Å². The molecular weight excluding hydrogens is 333 g/mol. The number of hydrogen-bond donors (Lipinski definition) is 1. The first kappa shape index (κ1) is 15.8. The van der Waals surface area contributed by atoms with Crippen molar-refractivity contribution in [1.29, 1.82) is 0 Å². The van der Waals surface area contributed by atoms with Crippen LogP contribution in [0, 0.1) is 15.9 Å². The van der Waals surface area contributed by atoms with Gasteiger partial charge in [-0.25, -0.2) is 9.37 Å². The molecule has 8 heteroatoms. The second kappa shape index (κ2) is 6.55. The number of carbonyl (C=O) groups excluding carboxylic acids is 1. The Morgan fingerprint density at radius 2 is 1.88 bits per heavy atom. The number of carbonyl (C=O) groups is 1. The predicted octanol–water partition coefficient (Wildman–Crippen LogP) is 4.11. The Balaban J connectivity index is 1.90. The molecule has 0 bridgehead atoms. The van der Waals surface area contributed by atoms with Crippen LogP contribution in [0.15, 0.2) is 54.0 Å². The first-order valence-electron chi connectivity index (χ1n) is 6.80. The first-order chi connectivity index (χ1) is 11.6. The molecule has 0 aliphatic carbocycles. The molecule has 2 aromatic carbocycles. The molecule has 0 unspecified atom stereocenters. The Kier molecular flexibility index (Phi) is 4.30. The average molecular weight is 343 g/mol. The van der Waals surface area contributed by atoms with E-state index in [1.165, 1.54) is 47.2 Å². The lowest BCUT2D eigenvalue weighted by Crippen LogP contribution is -2.13. The smallest absolute Gasteiger partial charge is 0.282 e. The number of thiazole rings is 1. The molecule has 120 valence electrons. The number of hydrogen-bond acceptors (Lipinski definition) is 5. The molecular formula is C16H10FN3O3S. The highest BCUT2D eigenvalue weighted by molar-refractivity contribution is 7.14. The van der Waals surface area contributed by atoms with Crippen LogP contribution in [-0.2, 0) is 0 Å². The van der Waals surface area contributed by atoms with E-state index in [1.807, 2.05) is 0 Å². The predicted molar refractivity (Wildman–Crippen MR) is 88.6 cm³/mol. The van der Waals surface area contributed by atoms with Crippen LogP contribution >= 0.6 is 11.3 Å². The SMILES string of the molecule is O=C(Nc1scnc1-c1ccc(F)cc1)c1ccccc1[N+](=O)[O-].